The highest BCUT2D eigenvalue weighted by molar-refractivity contribution is 5.86. The molecular formula is C13H11N5O2. The van der Waals surface area contributed by atoms with E-state index in [0.717, 1.165) is 5.69 Å². The van der Waals surface area contributed by atoms with Crippen LogP contribution in [0.4, 0.5) is 5.82 Å². The summed E-state index contributed by atoms with van der Waals surface area (Å²) < 4.78 is 1.43. The fraction of sp³-hybridized carbons (Fsp3) is 0.0769. The Morgan fingerprint density at radius 2 is 2.20 bits per heavy atom. The Morgan fingerprint density at radius 3 is 2.95 bits per heavy atom. The lowest BCUT2D eigenvalue weighted by atomic mass is 10.3. The van der Waals surface area contributed by atoms with Crippen molar-refractivity contribution in [2.45, 2.75) is 6.54 Å². The van der Waals surface area contributed by atoms with Gasteiger partial charge in [-0.25, -0.2) is 14.3 Å². The number of hydrogen-bond donors (Lipinski definition) is 2. The highest BCUT2D eigenvalue weighted by Crippen LogP contribution is 2.09. The normalized spacial score (nSPS) is 10.6. The van der Waals surface area contributed by atoms with Crippen LogP contribution in [0.1, 0.15) is 16.2 Å². The lowest BCUT2D eigenvalue weighted by Gasteiger charge is -2.04. The summed E-state index contributed by atoms with van der Waals surface area (Å²) in [6, 6.07) is 9.13. The number of carboxylic acids is 1. The first kappa shape index (κ1) is 12.1. The van der Waals surface area contributed by atoms with Gasteiger partial charge in [0.25, 0.3) is 0 Å². The van der Waals surface area contributed by atoms with Gasteiger partial charge < -0.3 is 10.4 Å². The molecule has 7 nitrogen and oxygen atoms in total. The fourth-order valence-electron chi connectivity index (χ4n) is 1.76. The van der Waals surface area contributed by atoms with Gasteiger partial charge in [-0.1, -0.05) is 6.07 Å². The number of carbonyl (C=O) groups is 1. The summed E-state index contributed by atoms with van der Waals surface area (Å²) in [7, 11) is 0. The minimum atomic E-state index is -1.07. The van der Waals surface area contributed by atoms with Crippen LogP contribution >= 0.6 is 0 Å². The maximum absolute atomic E-state index is 10.8. The first-order valence-corrected chi connectivity index (χ1v) is 5.96. The summed E-state index contributed by atoms with van der Waals surface area (Å²) >= 11 is 0. The van der Waals surface area contributed by atoms with Gasteiger partial charge in [0.05, 0.1) is 18.4 Å². The number of imidazole rings is 1. The third-order valence-corrected chi connectivity index (χ3v) is 2.72. The standard InChI is InChI=1S/C13H11N5O2/c19-13(20)10-8-18-12(16-10)5-4-11(17-18)15-7-9-3-1-2-6-14-9/h1-6,8H,7H2,(H,15,17)(H,19,20). The van der Waals surface area contributed by atoms with Crippen LogP contribution in [0.25, 0.3) is 5.65 Å². The second-order valence-electron chi connectivity index (χ2n) is 4.13. The number of pyridine rings is 1. The molecule has 0 spiro atoms. The molecule has 0 saturated carbocycles. The third kappa shape index (κ3) is 2.41. The molecule has 3 rings (SSSR count). The van der Waals surface area contributed by atoms with Gasteiger partial charge in [-0.2, -0.15) is 0 Å². The number of anilines is 1. The molecule has 0 atom stereocenters. The van der Waals surface area contributed by atoms with E-state index in [2.05, 4.69) is 20.4 Å². The highest BCUT2D eigenvalue weighted by atomic mass is 16.4. The number of nitrogens with zero attached hydrogens (tertiary/aromatic N) is 4. The second-order valence-corrected chi connectivity index (χ2v) is 4.13. The van der Waals surface area contributed by atoms with Crippen LogP contribution in [-0.4, -0.2) is 30.7 Å². The zero-order valence-electron chi connectivity index (χ0n) is 10.4. The lowest BCUT2D eigenvalue weighted by molar-refractivity contribution is 0.0691. The molecule has 0 aliphatic heterocycles. The van der Waals surface area contributed by atoms with E-state index in [4.69, 9.17) is 5.11 Å². The van der Waals surface area contributed by atoms with E-state index in [-0.39, 0.29) is 5.69 Å². The van der Waals surface area contributed by atoms with Crippen molar-refractivity contribution in [2.24, 2.45) is 0 Å². The Morgan fingerprint density at radius 1 is 1.30 bits per heavy atom. The molecule has 7 heteroatoms. The average molecular weight is 269 g/mol. The summed E-state index contributed by atoms with van der Waals surface area (Å²) in [4.78, 5) is 19.0. The molecule has 3 aromatic heterocycles. The monoisotopic (exact) mass is 269 g/mol. The third-order valence-electron chi connectivity index (χ3n) is 2.72. The van der Waals surface area contributed by atoms with Gasteiger partial charge in [0.1, 0.15) is 5.82 Å². The van der Waals surface area contributed by atoms with Crippen molar-refractivity contribution in [2.75, 3.05) is 5.32 Å². The van der Waals surface area contributed by atoms with Crippen LogP contribution < -0.4 is 5.32 Å². The van der Waals surface area contributed by atoms with Crippen molar-refractivity contribution >= 4 is 17.4 Å². The van der Waals surface area contributed by atoms with Crippen LogP contribution in [-0.2, 0) is 6.54 Å². The number of aromatic carboxylic acids is 1. The molecule has 3 aromatic rings. The molecule has 0 fully saturated rings. The van der Waals surface area contributed by atoms with Gasteiger partial charge in [0.2, 0.25) is 0 Å². The van der Waals surface area contributed by atoms with E-state index in [1.807, 2.05) is 18.2 Å². The molecule has 100 valence electrons. The molecule has 0 bridgehead atoms. The maximum Gasteiger partial charge on any atom is 0.356 e. The van der Waals surface area contributed by atoms with E-state index in [9.17, 15) is 4.79 Å². The number of aromatic nitrogens is 4. The molecule has 0 unspecified atom stereocenters. The van der Waals surface area contributed by atoms with Gasteiger partial charge in [0.15, 0.2) is 11.3 Å². The Labute approximate surface area is 113 Å². The van der Waals surface area contributed by atoms with Crippen molar-refractivity contribution in [3.63, 3.8) is 0 Å². The minimum absolute atomic E-state index is 0.0284. The molecule has 3 heterocycles. The smallest absolute Gasteiger partial charge is 0.356 e. The van der Waals surface area contributed by atoms with Crippen LogP contribution in [0.2, 0.25) is 0 Å². The molecule has 2 N–H and O–H groups in total. The van der Waals surface area contributed by atoms with Gasteiger partial charge in [-0.3, -0.25) is 4.98 Å². The summed E-state index contributed by atoms with van der Waals surface area (Å²) in [5.41, 5.74) is 1.36. The number of nitrogens with one attached hydrogen (secondary N) is 1. The van der Waals surface area contributed by atoms with Crippen LogP contribution in [0, 0.1) is 0 Å². The van der Waals surface area contributed by atoms with Gasteiger partial charge >= 0.3 is 5.97 Å². The maximum atomic E-state index is 10.8. The van der Waals surface area contributed by atoms with E-state index in [0.29, 0.717) is 18.0 Å². The topological polar surface area (TPSA) is 92.4 Å². The zero-order valence-corrected chi connectivity index (χ0v) is 10.4. The van der Waals surface area contributed by atoms with E-state index in [1.54, 1.807) is 18.3 Å². The Balaban J connectivity index is 1.80. The van der Waals surface area contributed by atoms with Crippen LogP contribution in [0.15, 0.2) is 42.7 Å². The first-order valence-electron chi connectivity index (χ1n) is 5.96. The van der Waals surface area contributed by atoms with Crippen molar-refractivity contribution in [1.82, 2.24) is 19.6 Å². The largest absolute Gasteiger partial charge is 0.476 e. The molecule has 0 radical (unpaired) electrons. The van der Waals surface area contributed by atoms with Crippen molar-refractivity contribution in [1.29, 1.82) is 0 Å². The highest BCUT2D eigenvalue weighted by Gasteiger charge is 2.09. The number of hydrogen-bond acceptors (Lipinski definition) is 5. The molecule has 0 aliphatic carbocycles. The molecule has 0 aliphatic rings. The molecule has 0 amide bonds. The molecule has 20 heavy (non-hydrogen) atoms. The number of rotatable bonds is 4. The van der Waals surface area contributed by atoms with Crippen LogP contribution in [0.5, 0.6) is 0 Å². The van der Waals surface area contributed by atoms with Crippen molar-refractivity contribution in [3.05, 3.63) is 54.1 Å². The average Bonchev–Trinajstić information content (AvgIpc) is 2.89. The van der Waals surface area contributed by atoms with E-state index in [1.165, 1.54) is 10.7 Å². The fourth-order valence-corrected chi connectivity index (χ4v) is 1.76. The predicted molar refractivity (Wildman–Crippen MR) is 71.5 cm³/mol. The van der Waals surface area contributed by atoms with E-state index < -0.39 is 5.97 Å². The molecular weight excluding hydrogens is 258 g/mol. The SMILES string of the molecule is O=C(O)c1cn2nc(NCc3ccccn3)ccc2n1. The van der Waals surface area contributed by atoms with Crippen molar-refractivity contribution in [3.8, 4) is 0 Å². The summed E-state index contributed by atoms with van der Waals surface area (Å²) in [6.45, 7) is 0.541. The summed E-state index contributed by atoms with van der Waals surface area (Å²) in [5.74, 6) is -0.448. The predicted octanol–water partition coefficient (Wildman–Crippen LogP) is 1.43. The number of carboxylic acid groups (broad SMARTS) is 1. The first-order chi connectivity index (χ1) is 9.72. The molecule has 0 aromatic carbocycles. The lowest BCUT2D eigenvalue weighted by Crippen LogP contribution is -2.04. The Hall–Kier alpha value is -2.96. The quantitative estimate of drug-likeness (QED) is 0.744. The second kappa shape index (κ2) is 4.96. The van der Waals surface area contributed by atoms with Crippen molar-refractivity contribution < 1.29 is 9.90 Å². The minimum Gasteiger partial charge on any atom is -0.476 e. The zero-order chi connectivity index (χ0) is 13.9. The summed E-state index contributed by atoms with van der Waals surface area (Å²) in [6.07, 6.45) is 3.10. The van der Waals surface area contributed by atoms with Gasteiger partial charge in [0, 0.05) is 6.20 Å². The van der Waals surface area contributed by atoms with Crippen LogP contribution in [0.3, 0.4) is 0 Å². The van der Waals surface area contributed by atoms with E-state index >= 15 is 0 Å². The van der Waals surface area contributed by atoms with Gasteiger partial charge in [-0.05, 0) is 24.3 Å². The molecule has 0 saturated heterocycles. The van der Waals surface area contributed by atoms with Gasteiger partial charge in [-0.15, -0.1) is 5.10 Å². The Kier molecular flexibility index (Phi) is 3.00. The number of fused-ring (bicyclic) bond motifs is 1. The Bertz CT molecular complexity index is 754. The summed E-state index contributed by atoms with van der Waals surface area (Å²) in [5, 5.41) is 16.2.